The molecule has 0 aliphatic rings. The molecule has 1 rings (SSSR count). The van der Waals surface area contributed by atoms with Gasteiger partial charge >= 0.3 is 6.18 Å². The molecule has 1 atom stereocenters. The second-order valence-corrected chi connectivity index (χ2v) is 4.16. The predicted octanol–water partition coefficient (Wildman–Crippen LogP) is 2.72. The molecule has 92 valence electrons. The molecule has 0 amide bonds. The Morgan fingerprint density at radius 2 is 2.12 bits per heavy atom. The topological polar surface area (TPSA) is 30.9 Å². The first-order valence-electron chi connectivity index (χ1n) is 5.34. The van der Waals surface area contributed by atoms with Crippen molar-refractivity contribution in [2.24, 2.45) is 5.73 Å². The first kappa shape index (κ1) is 13.1. The van der Waals surface area contributed by atoms with Crippen molar-refractivity contribution in [2.75, 3.05) is 0 Å². The van der Waals surface area contributed by atoms with Crippen LogP contribution in [-0.4, -0.2) is 16.8 Å². The Kier molecular flexibility index (Phi) is 4.41. The normalized spacial score (nSPS) is 14.1. The van der Waals surface area contributed by atoms with Crippen LogP contribution in [0.2, 0.25) is 0 Å². The summed E-state index contributed by atoms with van der Waals surface area (Å²) in [5, 5.41) is 0. The van der Waals surface area contributed by atoms with Crippen molar-refractivity contribution in [3.63, 3.8) is 0 Å². The second kappa shape index (κ2) is 5.39. The van der Waals surface area contributed by atoms with Gasteiger partial charge in [0.15, 0.2) is 0 Å². The molecule has 16 heavy (non-hydrogen) atoms. The zero-order chi connectivity index (χ0) is 12.2. The van der Waals surface area contributed by atoms with Crippen LogP contribution in [-0.2, 0) is 13.0 Å². The van der Waals surface area contributed by atoms with Crippen molar-refractivity contribution in [3.05, 3.63) is 24.0 Å². The fourth-order valence-electron chi connectivity index (χ4n) is 1.58. The van der Waals surface area contributed by atoms with Gasteiger partial charge in [-0.1, -0.05) is 0 Å². The van der Waals surface area contributed by atoms with Crippen molar-refractivity contribution in [1.29, 1.82) is 0 Å². The van der Waals surface area contributed by atoms with E-state index in [-0.39, 0.29) is 12.5 Å². The minimum absolute atomic E-state index is 0.0750. The number of hydrogen-bond donors (Lipinski definition) is 1. The van der Waals surface area contributed by atoms with E-state index in [4.69, 9.17) is 5.73 Å². The fraction of sp³-hybridized carbons (Fsp3) is 0.636. The Labute approximate surface area is 93.2 Å². The van der Waals surface area contributed by atoms with Gasteiger partial charge in [-0.2, -0.15) is 13.2 Å². The molecule has 0 aromatic carbocycles. The van der Waals surface area contributed by atoms with Crippen molar-refractivity contribution >= 4 is 0 Å². The van der Waals surface area contributed by atoms with E-state index in [1.807, 2.05) is 19.2 Å². The smallest absolute Gasteiger partial charge is 0.354 e. The highest BCUT2D eigenvalue weighted by molar-refractivity contribution is 5.11. The van der Waals surface area contributed by atoms with Gasteiger partial charge in [-0.3, -0.25) is 0 Å². The number of nitrogens with zero attached hydrogens (tertiary/aromatic N) is 1. The molecular weight excluding hydrogens is 217 g/mol. The lowest BCUT2D eigenvalue weighted by Crippen LogP contribution is -2.17. The molecular formula is C11H17F3N2. The molecule has 5 heteroatoms. The monoisotopic (exact) mass is 234 g/mol. The van der Waals surface area contributed by atoms with Gasteiger partial charge in [0.2, 0.25) is 0 Å². The van der Waals surface area contributed by atoms with Gasteiger partial charge in [-0.05, 0) is 31.4 Å². The quantitative estimate of drug-likeness (QED) is 0.834. The summed E-state index contributed by atoms with van der Waals surface area (Å²) in [6.07, 6.45) is -0.245. The standard InChI is InChI=1S/C11H17F3N2/c1-9(15)7-10-3-6-16(8-10)5-2-4-11(12,13)14/h3,6,8-9H,2,4-5,7,15H2,1H3. The summed E-state index contributed by atoms with van der Waals surface area (Å²) in [5.41, 5.74) is 6.70. The molecule has 0 saturated heterocycles. The highest BCUT2D eigenvalue weighted by atomic mass is 19.4. The van der Waals surface area contributed by atoms with E-state index >= 15 is 0 Å². The molecule has 0 aliphatic heterocycles. The van der Waals surface area contributed by atoms with E-state index in [1.165, 1.54) is 0 Å². The Morgan fingerprint density at radius 1 is 1.44 bits per heavy atom. The van der Waals surface area contributed by atoms with Crippen LogP contribution < -0.4 is 5.73 Å². The predicted molar refractivity (Wildman–Crippen MR) is 57.1 cm³/mol. The van der Waals surface area contributed by atoms with Crippen molar-refractivity contribution in [3.8, 4) is 0 Å². The third-order valence-electron chi connectivity index (χ3n) is 2.25. The number of hydrogen-bond acceptors (Lipinski definition) is 1. The zero-order valence-corrected chi connectivity index (χ0v) is 9.30. The van der Waals surface area contributed by atoms with E-state index in [0.717, 1.165) is 12.0 Å². The molecule has 0 spiro atoms. The van der Waals surface area contributed by atoms with Crippen LogP contribution in [0.1, 0.15) is 25.3 Å². The minimum atomic E-state index is -4.05. The van der Waals surface area contributed by atoms with E-state index in [0.29, 0.717) is 6.54 Å². The summed E-state index contributed by atoms with van der Waals surface area (Å²) in [6, 6.07) is 1.97. The number of rotatable bonds is 5. The zero-order valence-electron chi connectivity index (χ0n) is 9.30. The van der Waals surface area contributed by atoms with Crippen LogP contribution in [0.25, 0.3) is 0 Å². The summed E-state index contributed by atoms with van der Waals surface area (Å²) in [6.45, 7) is 2.31. The molecule has 0 bridgehead atoms. The number of nitrogens with two attached hydrogens (primary N) is 1. The Bertz CT molecular complexity index is 315. The van der Waals surface area contributed by atoms with Crippen molar-refractivity contribution in [2.45, 2.75) is 44.9 Å². The summed E-state index contributed by atoms with van der Waals surface area (Å²) >= 11 is 0. The van der Waals surface area contributed by atoms with Gasteiger partial charge < -0.3 is 10.3 Å². The highest BCUT2D eigenvalue weighted by Gasteiger charge is 2.25. The molecule has 0 aliphatic carbocycles. The van der Waals surface area contributed by atoms with Gasteiger partial charge in [-0.25, -0.2) is 0 Å². The van der Waals surface area contributed by atoms with Gasteiger partial charge in [0.05, 0.1) is 0 Å². The molecule has 0 radical (unpaired) electrons. The minimum Gasteiger partial charge on any atom is -0.354 e. The number of alkyl halides is 3. The Morgan fingerprint density at radius 3 is 2.69 bits per heavy atom. The molecule has 1 aromatic heterocycles. The van der Waals surface area contributed by atoms with E-state index in [9.17, 15) is 13.2 Å². The van der Waals surface area contributed by atoms with E-state index in [2.05, 4.69) is 0 Å². The lowest BCUT2D eigenvalue weighted by atomic mass is 10.1. The molecule has 2 N–H and O–H groups in total. The molecule has 1 aromatic rings. The highest BCUT2D eigenvalue weighted by Crippen LogP contribution is 2.21. The first-order valence-corrected chi connectivity index (χ1v) is 5.34. The maximum absolute atomic E-state index is 11.9. The van der Waals surface area contributed by atoms with Crippen molar-refractivity contribution < 1.29 is 13.2 Å². The first-order chi connectivity index (χ1) is 7.37. The third-order valence-corrected chi connectivity index (χ3v) is 2.25. The van der Waals surface area contributed by atoms with Crippen LogP contribution in [0, 0.1) is 0 Å². The summed E-state index contributed by atoms with van der Waals surface area (Å²) in [4.78, 5) is 0. The SMILES string of the molecule is CC(N)Cc1ccn(CCCC(F)(F)F)c1. The van der Waals surface area contributed by atoms with Crippen LogP contribution in [0.5, 0.6) is 0 Å². The average Bonchev–Trinajstić information content (AvgIpc) is 2.49. The number of halogens is 3. The molecule has 2 nitrogen and oxygen atoms in total. The van der Waals surface area contributed by atoms with Gasteiger partial charge in [-0.15, -0.1) is 0 Å². The van der Waals surface area contributed by atoms with Crippen LogP contribution in [0.3, 0.4) is 0 Å². The van der Waals surface area contributed by atoms with Crippen LogP contribution >= 0.6 is 0 Å². The second-order valence-electron chi connectivity index (χ2n) is 4.16. The number of aryl methyl sites for hydroxylation is 1. The molecule has 1 unspecified atom stereocenters. The molecule has 0 saturated carbocycles. The average molecular weight is 234 g/mol. The largest absolute Gasteiger partial charge is 0.389 e. The van der Waals surface area contributed by atoms with Gasteiger partial charge in [0.25, 0.3) is 0 Å². The maximum Gasteiger partial charge on any atom is 0.389 e. The Hall–Kier alpha value is -0.970. The van der Waals surface area contributed by atoms with Crippen molar-refractivity contribution in [1.82, 2.24) is 4.57 Å². The lowest BCUT2D eigenvalue weighted by molar-refractivity contribution is -0.135. The van der Waals surface area contributed by atoms with E-state index < -0.39 is 12.6 Å². The molecule has 1 heterocycles. The van der Waals surface area contributed by atoms with Gasteiger partial charge in [0.1, 0.15) is 0 Å². The van der Waals surface area contributed by atoms with Crippen LogP contribution in [0.15, 0.2) is 18.5 Å². The summed E-state index contributed by atoms with van der Waals surface area (Å²) in [7, 11) is 0. The van der Waals surface area contributed by atoms with E-state index in [1.54, 1.807) is 10.8 Å². The Balaban J connectivity index is 2.35. The fourth-order valence-corrected chi connectivity index (χ4v) is 1.58. The summed E-state index contributed by atoms with van der Waals surface area (Å²) < 4.78 is 37.5. The number of aromatic nitrogens is 1. The maximum atomic E-state index is 11.9. The lowest BCUT2D eigenvalue weighted by Gasteiger charge is -2.06. The van der Waals surface area contributed by atoms with Crippen LogP contribution in [0.4, 0.5) is 13.2 Å². The molecule has 0 fully saturated rings. The third kappa shape index (κ3) is 5.21. The van der Waals surface area contributed by atoms with Gasteiger partial charge in [0, 0.05) is 31.4 Å². The summed E-state index contributed by atoms with van der Waals surface area (Å²) in [5.74, 6) is 0.